The fourth-order valence-electron chi connectivity index (χ4n) is 1.27. The summed E-state index contributed by atoms with van der Waals surface area (Å²) in [7, 11) is 0. The summed E-state index contributed by atoms with van der Waals surface area (Å²) < 4.78 is 14.1. The van der Waals surface area contributed by atoms with Gasteiger partial charge in [-0.05, 0) is 25.6 Å². The van der Waals surface area contributed by atoms with Crippen LogP contribution in [0.2, 0.25) is 0 Å². The predicted octanol–water partition coefficient (Wildman–Crippen LogP) is 3.26. The Labute approximate surface area is 86.5 Å². The van der Waals surface area contributed by atoms with Gasteiger partial charge in [-0.15, -0.1) is 0 Å². The Kier molecular flexibility index (Phi) is 3.88. The van der Waals surface area contributed by atoms with Crippen LogP contribution in [0.1, 0.15) is 25.5 Å². The van der Waals surface area contributed by atoms with E-state index in [0.29, 0.717) is 5.56 Å². The van der Waals surface area contributed by atoms with Gasteiger partial charge in [-0.25, -0.2) is 4.39 Å². The molecule has 0 aliphatic heterocycles. The molecule has 1 nitrogen and oxygen atoms in total. The van der Waals surface area contributed by atoms with Crippen molar-refractivity contribution >= 4 is 15.9 Å². The summed E-state index contributed by atoms with van der Waals surface area (Å²) in [4.78, 5) is 0. The highest BCUT2D eigenvalue weighted by Gasteiger charge is 2.09. The van der Waals surface area contributed by atoms with E-state index >= 15 is 0 Å². The molecule has 0 aliphatic carbocycles. The van der Waals surface area contributed by atoms with Crippen molar-refractivity contribution in [3.8, 4) is 0 Å². The van der Waals surface area contributed by atoms with Gasteiger partial charge >= 0.3 is 0 Å². The van der Waals surface area contributed by atoms with Crippen molar-refractivity contribution in [3.05, 3.63) is 34.1 Å². The van der Waals surface area contributed by atoms with E-state index < -0.39 is 0 Å². The van der Waals surface area contributed by atoms with Crippen molar-refractivity contribution in [2.24, 2.45) is 0 Å². The highest BCUT2D eigenvalue weighted by molar-refractivity contribution is 9.10. The van der Waals surface area contributed by atoms with Gasteiger partial charge in [-0.1, -0.05) is 28.9 Å². The number of benzene rings is 1. The summed E-state index contributed by atoms with van der Waals surface area (Å²) in [5.41, 5.74) is 0.713. The lowest BCUT2D eigenvalue weighted by Crippen LogP contribution is -2.18. The molecule has 0 saturated carbocycles. The lowest BCUT2D eigenvalue weighted by atomic mass is 10.1. The van der Waals surface area contributed by atoms with E-state index in [2.05, 4.69) is 21.2 Å². The SMILES string of the molecule is CCNC(C)c1ccc(Br)cc1F. The van der Waals surface area contributed by atoms with Crippen molar-refractivity contribution in [3.63, 3.8) is 0 Å². The van der Waals surface area contributed by atoms with Crippen LogP contribution in [0.25, 0.3) is 0 Å². The third kappa shape index (κ3) is 2.78. The molecular formula is C10H13BrFN. The molecule has 0 aromatic heterocycles. The van der Waals surface area contributed by atoms with Gasteiger partial charge in [0.25, 0.3) is 0 Å². The van der Waals surface area contributed by atoms with Gasteiger partial charge in [0, 0.05) is 16.1 Å². The van der Waals surface area contributed by atoms with E-state index in [1.54, 1.807) is 6.07 Å². The molecule has 0 spiro atoms. The van der Waals surface area contributed by atoms with E-state index in [4.69, 9.17) is 0 Å². The maximum Gasteiger partial charge on any atom is 0.129 e. The number of hydrogen-bond acceptors (Lipinski definition) is 1. The average molecular weight is 246 g/mol. The maximum atomic E-state index is 13.4. The van der Waals surface area contributed by atoms with Crippen LogP contribution in [-0.2, 0) is 0 Å². The van der Waals surface area contributed by atoms with Gasteiger partial charge in [-0.3, -0.25) is 0 Å². The van der Waals surface area contributed by atoms with Crippen molar-refractivity contribution in [2.45, 2.75) is 19.9 Å². The number of rotatable bonds is 3. The Balaban J connectivity index is 2.88. The quantitative estimate of drug-likeness (QED) is 0.863. The Bertz CT molecular complexity index is 288. The Morgan fingerprint density at radius 3 is 2.77 bits per heavy atom. The monoisotopic (exact) mass is 245 g/mol. The van der Waals surface area contributed by atoms with Crippen LogP contribution in [0.3, 0.4) is 0 Å². The van der Waals surface area contributed by atoms with Crippen LogP contribution in [-0.4, -0.2) is 6.54 Å². The lowest BCUT2D eigenvalue weighted by Gasteiger charge is -2.13. The first-order valence-electron chi connectivity index (χ1n) is 4.33. The largest absolute Gasteiger partial charge is 0.310 e. The molecule has 1 aromatic carbocycles. The summed E-state index contributed by atoms with van der Waals surface area (Å²) in [5, 5.41) is 3.17. The zero-order valence-electron chi connectivity index (χ0n) is 7.77. The third-order valence-corrected chi connectivity index (χ3v) is 2.43. The molecule has 1 N–H and O–H groups in total. The lowest BCUT2D eigenvalue weighted by molar-refractivity contribution is 0.540. The molecule has 1 rings (SSSR count). The summed E-state index contributed by atoms with van der Waals surface area (Å²) in [6.45, 7) is 4.81. The Morgan fingerprint density at radius 2 is 2.23 bits per heavy atom. The van der Waals surface area contributed by atoms with Crippen LogP contribution in [0.4, 0.5) is 4.39 Å². The van der Waals surface area contributed by atoms with E-state index in [0.717, 1.165) is 11.0 Å². The number of nitrogens with one attached hydrogen (secondary N) is 1. The van der Waals surface area contributed by atoms with Crippen LogP contribution in [0.5, 0.6) is 0 Å². The van der Waals surface area contributed by atoms with E-state index in [-0.39, 0.29) is 11.9 Å². The summed E-state index contributed by atoms with van der Waals surface area (Å²) in [5.74, 6) is -0.164. The number of halogens is 2. The van der Waals surface area contributed by atoms with Gasteiger partial charge in [0.1, 0.15) is 5.82 Å². The average Bonchev–Trinajstić information content (AvgIpc) is 2.04. The van der Waals surface area contributed by atoms with Gasteiger partial charge in [0.15, 0.2) is 0 Å². The molecule has 0 saturated heterocycles. The molecule has 0 radical (unpaired) electrons. The van der Waals surface area contributed by atoms with Crippen molar-refractivity contribution in [2.75, 3.05) is 6.54 Å². The molecule has 1 atom stereocenters. The van der Waals surface area contributed by atoms with Crippen LogP contribution in [0, 0.1) is 5.82 Å². The first-order valence-corrected chi connectivity index (χ1v) is 5.12. The molecule has 0 amide bonds. The Morgan fingerprint density at radius 1 is 1.54 bits per heavy atom. The molecule has 72 valence electrons. The fourth-order valence-corrected chi connectivity index (χ4v) is 1.60. The van der Waals surface area contributed by atoms with Crippen LogP contribution >= 0.6 is 15.9 Å². The molecule has 0 heterocycles. The van der Waals surface area contributed by atoms with E-state index in [1.165, 1.54) is 6.07 Å². The molecule has 0 fully saturated rings. The van der Waals surface area contributed by atoms with Crippen molar-refractivity contribution < 1.29 is 4.39 Å². The van der Waals surface area contributed by atoms with E-state index in [9.17, 15) is 4.39 Å². The second-order valence-corrected chi connectivity index (χ2v) is 3.86. The van der Waals surface area contributed by atoms with E-state index in [1.807, 2.05) is 19.9 Å². The molecular weight excluding hydrogens is 233 g/mol. The van der Waals surface area contributed by atoms with Crippen molar-refractivity contribution in [1.29, 1.82) is 0 Å². The minimum atomic E-state index is -0.164. The highest BCUT2D eigenvalue weighted by atomic mass is 79.9. The fraction of sp³-hybridized carbons (Fsp3) is 0.400. The van der Waals surface area contributed by atoms with Gasteiger partial charge < -0.3 is 5.32 Å². The minimum Gasteiger partial charge on any atom is -0.310 e. The van der Waals surface area contributed by atoms with Crippen molar-refractivity contribution in [1.82, 2.24) is 5.32 Å². The molecule has 3 heteroatoms. The normalized spacial score (nSPS) is 12.9. The first-order chi connectivity index (χ1) is 6.15. The molecule has 13 heavy (non-hydrogen) atoms. The summed E-state index contributed by atoms with van der Waals surface area (Å²) in [6, 6.07) is 5.21. The van der Waals surface area contributed by atoms with Gasteiger partial charge in [0.05, 0.1) is 0 Å². The smallest absolute Gasteiger partial charge is 0.129 e. The second-order valence-electron chi connectivity index (χ2n) is 2.95. The zero-order chi connectivity index (χ0) is 9.84. The minimum absolute atomic E-state index is 0.0677. The maximum absolute atomic E-state index is 13.4. The highest BCUT2D eigenvalue weighted by Crippen LogP contribution is 2.20. The van der Waals surface area contributed by atoms with Gasteiger partial charge in [-0.2, -0.15) is 0 Å². The first kappa shape index (κ1) is 10.7. The molecule has 1 unspecified atom stereocenters. The molecule has 0 aliphatic rings. The van der Waals surface area contributed by atoms with Crippen LogP contribution in [0.15, 0.2) is 22.7 Å². The second kappa shape index (κ2) is 4.72. The Hall–Kier alpha value is -0.410. The van der Waals surface area contributed by atoms with Crippen LogP contribution < -0.4 is 5.32 Å². The molecule has 0 bridgehead atoms. The molecule has 1 aromatic rings. The number of hydrogen-bond donors (Lipinski definition) is 1. The standard InChI is InChI=1S/C10H13BrFN/c1-3-13-7(2)9-5-4-8(11)6-10(9)12/h4-7,13H,3H2,1-2H3. The topological polar surface area (TPSA) is 12.0 Å². The summed E-state index contributed by atoms with van der Waals surface area (Å²) >= 11 is 3.22. The van der Waals surface area contributed by atoms with Gasteiger partial charge in [0.2, 0.25) is 0 Å². The zero-order valence-corrected chi connectivity index (χ0v) is 9.36. The summed E-state index contributed by atoms with van der Waals surface area (Å²) in [6.07, 6.45) is 0. The third-order valence-electron chi connectivity index (χ3n) is 1.94. The predicted molar refractivity (Wildman–Crippen MR) is 56.2 cm³/mol.